The highest BCUT2D eigenvalue weighted by Crippen LogP contribution is 2.27. The van der Waals surface area contributed by atoms with Crippen molar-refractivity contribution in [3.63, 3.8) is 0 Å². The zero-order chi connectivity index (χ0) is 14.8. The van der Waals surface area contributed by atoms with Gasteiger partial charge in [0.15, 0.2) is 5.82 Å². The fourth-order valence-electron chi connectivity index (χ4n) is 1.96. The number of hydrogen-bond acceptors (Lipinski definition) is 6. The van der Waals surface area contributed by atoms with Gasteiger partial charge in [-0.2, -0.15) is 21.4 Å². The monoisotopic (exact) mass is 319 g/mol. The van der Waals surface area contributed by atoms with E-state index in [0.29, 0.717) is 0 Å². The Morgan fingerprint density at radius 3 is 2.62 bits per heavy atom. The minimum Gasteiger partial charge on any atom is -0.378 e. The molecule has 3 rings (SSSR count). The number of thioether (sulfide) groups is 1. The first-order valence-corrected chi connectivity index (χ1v) is 8.72. The van der Waals surface area contributed by atoms with Crippen molar-refractivity contribution in [3.8, 4) is 10.6 Å². The second kappa shape index (κ2) is 6.03. The third kappa shape index (κ3) is 2.89. The van der Waals surface area contributed by atoms with E-state index >= 15 is 0 Å². The minimum absolute atomic E-state index is 0.848. The lowest BCUT2D eigenvalue weighted by atomic mass is 10.2. The van der Waals surface area contributed by atoms with E-state index in [0.717, 1.165) is 32.9 Å². The molecule has 110 valence electrons. The van der Waals surface area contributed by atoms with E-state index in [9.17, 15) is 0 Å². The van der Waals surface area contributed by atoms with Crippen molar-refractivity contribution in [2.24, 2.45) is 0 Å². The summed E-state index contributed by atoms with van der Waals surface area (Å²) in [7, 11) is 4.08. The molecule has 3 aromatic rings. The molecule has 0 saturated carbocycles. The van der Waals surface area contributed by atoms with Crippen LogP contribution >= 0.6 is 23.1 Å². The molecule has 0 saturated heterocycles. The van der Waals surface area contributed by atoms with Gasteiger partial charge in [0.05, 0.1) is 5.75 Å². The van der Waals surface area contributed by atoms with E-state index in [1.807, 2.05) is 30.4 Å². The van der Waals surface area contributed by atoms with Crippen LogP contribution in [0, 0.1) is 0 Å². The molecule has 21 heavy (non-hydrogen) atoms. The molecule has 0 radical (unpaired) electrons. The molecule has 0 aliphatic rings. The molecule has 1 aromatic carbocycles. The number of hydrogen-bond donors (Lipinski definition) is 0. The van der Waals surface area contributed by atoms with Crippen molar-refractivity contribution < 1.29 is 0 Å². The topological polar surface area (TPSA) is 46.3 Å². The summed E-state index contributed by atoms with van der Waals surface area (Å²) < 4.78 is 1.86. The predicted molar refractivity (Wildman–Crippen MR) is 90.3 cm³/mol. The molecule has 0 aliphatic heterocycles. The molecule has 0 amide bonds. The number of rotatable bonds is 5. The van der Waals surface area contributed by atoms with Crippen molar-refractivity contribution in [2.45, 2.75) is 12.7 Å². The fraction of sp³-hybridized carbons (Fsp3) is 0.357. The molecule has 2 heterocycles. The first kappa shape index (κ1) is 14.3. The van der Waals surface area contributed by atoms with Gasteiger partial charge in [-0.1, -0.05) is 18.3 Å². The normalized spacial score (nSPS) is 11.2. The van der Waals surface area contributed by atoms with Crippen LogP contribution in [0.3, 0.4) is 0 Å². The van der Waals surface area contributed by atoms with Gasteiger partial charge in [0, 0.05) is 25.3 Å². The summed E-state index contributed by atoms with van der Waals surface area (Å²) in [6.45, 7) is 2.14. The molecule has 0 fully saturated rings. The Hall–Kier alpha value is -1.60. The highest BCUT2D eigenvalue weighted by molar-refractivity contribution is 7.98. The largest absolute Gasteiger partial charge is 0.378 e. The van der Waals surface area contributed by atoms with Crippen LogP contribution in [0.5, 0.6) is 0 Å². The first-order chi connectivity index (χ1) is 10.2. The van der Waals surface area contributed by atoms with Gasteiger partial charge < -0.3 is 4.90 Å². The minimum atomic E-state index is 0.848. The van der Waals surface area contributed by atoms with Gasteiger partial charge in [0.2, 0.25) is 4.96 Å². The standard InChI is InChI=1S/C14H17N5S2/c1-4-20-9-12-15-16-14-19(12)17-13(21-14)10-5-7-11(8-6-10)18(2)3/h5-8H,4,9H2,1-3H3. The SMILES string of the molecule is CCSCc1nnc2sc(-c3ccc(N(C)C)cc3)nn12. The summed E-state index contributed by atoms with van der Waals surface area (Å²) in [4.78, 5) is 2.94. The lowest BCUT2D eigenvalue weighted by molar-refractivity contribution is 0.887. The second-order valence-electron chi connectivity index (χ2n) is 4.80. The Kier molecular flexibility index (Phi) is 4.12. The Balaban J connectivity index is 1.91. The third-order valence-corrected chi connectivity index (χ3v) is 4.94. The van der Waals surface area contributed by atoms with Crippen molar-refractivity contribution in [2.75, 3.05) is 24.7 Å². The highest BCUT2D eigenvalue weighted by Gasteiger charge is 2.12. The maximum absolute atomic E-state index is 4.65. The Morgan fingerprint density at radius 1 is 1.19 bits per heavy atom. The van der Waals surface area contributed by atoms with Crippen LogP contribution in [0.15, 0.2) is 24.3 Å². The Morgan fingerprint density at radius 2 is 1.95 bits per heavy atom. The van der Waals surface area contributed by atoms with Gasteiger partial charge in [-0.25, -0.2) is 0 Å². The number of nitrogens with zero attached hydrogens (tertiary/aromatic N) is 5. The molecule has 0 spiro atoms. The zero-order valence-electron chi connectivity index (χ0n) is 12.3. The van der Waals surface area contributed by atoms with Crippen LogP contribution in [-0.4, -0.2) is 39.7 Å². The molecule has 2 aromatic heterocycles. The predicted octanol–water partition coefficient (Wildman–Crippen LogP) is 3.17. The van der Waals surface area contributed by atoms with Crippen molar-refractivity contribution in [1.82, 2.24) is 19.8 Å². The van der Waals surface area contributed by atoms with Crippen LogP contribution in [0.1, 0.15) is 12.7 Å². The lowest BCUT2D eigenvalue weighted by Gasteiger charge is -2.11. The lowest BCUT2D eigenvalue weighted by Crippen LogP contribution is -2.07. The van der Waals surface area contributed by atoms with E-state index < -0.39 is 0 Å². The Bertz CT molecular complexity index is 729. The van der Waals surface area contributed by atoms with Gasteiger partial charge in [-0.05, 0) is 30.0 Å². The molecule has 0 atom stereocenters. The third-order valence-electron chi connectivity index (χ3n) is 3.12. The molecule has 0 bridgehead atoms. The number of aromatic nitrogens is 4. The van der Waals surface area contributed by atoms with Crippen molar-refractivity contribution >= 4 is 33.7 Å². The fourth-order valence-corrected chi connectivity index (χ4v) is 3.39. The summed E-state index contributed by atoms with van der Waals surface area (Å²) >= 11 is 3.40. The van der Waals surface area contributed by atoms with Crippen LogP contribution in [-0.2, 0) is 5.75 Å². The smallest absolute Gasteiger partial charge is 0.235 e. The summed E-state index contributed by atoms with van der Waals surface area (Å²) in [5, 5.41) is 14.0. The van der Waals surface area contributed by atoms with E-state index in [2.05, 4.69) is 51.4 Å². The molecule has 5 nitrogen and oxygen atoms in total. The van der Waals surface area contributed by atoms with Gasteiger partial charge in [0.1, 0.15) is 5.01 Å². The van der Waals surface area contributed by atoms with Crippen LogP contribution < -0.4 is 4.90 Å². The van der Waals surface area contributed by atoms with Gasteiger partial charge >= 0.3 is 0 Å². The number of fused-ring (bicyclic) bond motifs is 1. The second-order valence-corrected chi connectivity index (χ2v) is 7.03. The maximum Gasteiger partial charge on any atom is 0.235 e. The summed E-state index contributed by atoms with van der Waals surface area (Å²) in [5.41, 5.74) is 2.30. The average Bonchev–Trinajstić information content (AvgIpc) is 3.06. The molecular formula is C14H17N5S2. The molecule has 0 unspecified atom stereocenters. The van der Waals surface area contributed by atoms with Crippen LogP contribution in [0.25, 0.3) is 15.5 Å². The van der Waals surface area contributed by atoms with Crippen LogP contribution in [0.4, 0.5) is 5.69 Å². The van der Waals surface area contributed by atoms with E-state index in [4.69, 9.17) is 0 Å². The zero-order valence-corrected chi connectivity index (χ0v) is 13.9. The molecule has 0 N–H and O–H groups in total. The van der Waals surface area contributed by atoms with Crippen LogP contribution in [0.2, 0.25) is 0 Å². The van der Waals surface area contributed by atoms with E-state index in [1.165, 1.54) is 5.69 Å². The van der Waals surface area contributed by atoms with Crippen molar-refractivity contribution in [3.05, 3.63) is 30.1 Å². The van der Waals surface area contributed by atoms with Gasteiger partial charge in [0.25, 0.3) is 0 Å². The molecule has 7 heteroatoms. The maximum atomic E-state index is 4.65. The Labute approximate surface area is 132 Å². The quantitative estimate of drug-likeness (QED) is 0.723. The van der Waals surface area contributed by atoms with Crippen molar-refractivity contribution in [1.29, 1.82) is 0 Å². The number of benzene rings is 1. The number of anilines is 1. The molecule has 0 aliphatic carbocycles. The average molecular weight is 319 g/mol. The molecular weight excluding hydrogens is 302 g/mol. The summed E-state index contributed by atoms with van der Waals surface area (Å²) in [5.74, 6) is 2.84. The van der Waals surface area contributed by atoms with Gasteiger partial charge in [-0.15, -0.1) is 10.2 Å². The summed E-state index contributed by atoms with van der Waals surface area (Å²) in [6.07, 6.45) is 0. The summed E-state index contributed by atoms with van der Waals surface area (Å²) in [6, 6.07) is 8.40. The first-order valence-electron chi connectivity index (χ1n) is 6.75. The van der Waals surface area contributed by atoms with Gasteiger partial charge in [-0.3, -0.25) is 0 Å². The van der Waals surface area contributed by atoms with E-state index in [1.54, 1.807) is 11.3 Å². The van der Waals surface area contributed by atoms with E-state index in [-0.39, 0.29) is 0 Å². The highest BCUT2D eigenvalue weighted by atomic mass is 32.2.